The van der Waals surface area contributed by atoms with E-state index in [1.54, 1.807) is 11.8 Å². The maximum Gasteiger partial charge on any atom is 0.329 e. The molecule has 5 heteroatoms. The Labute approximate surface area is 90.7 Å². The maximum atomic E-state index is 11.7. The van der Waals surface area contributed by atoms with Crippen LogP contribution < -0.4 is 0 Å². The van der Waals surface area contributed by atoms with E-state index in [0.29, 0.717) is 0 Å². The molecule has 78 valence electrons. The molecule has 1 amide bonds. The van der Waals surface area contributed by atoms with Gasteiger partial charge in [0.05, 0.1) is 0 Å². The summed E-state index contributed by atoms with van der Waals surface area (Å²) in [6.07, 6.45) is 0.996. The molecule has 14 heavy (non-hydrogen) atoms. The molecular formula is C9H12BrNO3. The Hall–Kier alpha value is -0.580. The van der Waals surface area contributed by atoms with E-state index in [-0.39, 0.29) is 24.0 Å². The zero-order valence-corrected chi connectivity index (χ0v) is 9.49. The van der Waals surface area contributed by atoms with Crippen LogP contribution in [0.2, 0.25) is 0 Å². The number of alkyl halides is 1. The number of hydrogen-bond acceptors (Lipinski definition) is 3. The highest BCUT2D eigenvalue weighted by atomic mass is 79.9. The Morgan fingerprint density at radius 2 is 2.21 bits per heavy atom. The van der Waals surface area contributed by atoms with Gasteiger partial charge in [0.15, 0.2) is 6.10 Å². The molecule has 2 fully saturated rings. The molecule has 0 aliphatic carbocycles. The number of rotatable bonds is 1. The molecular weight excluding hydrogens is 250 g/mol. The molecule has 2 aliphatic heterocycles. The highest BCUT2D eigenvalue weighted by Crippen LogP contribution is 2.30. The molecule has 2 rings (SSSR count). The molecule has 0 aromatic rings. The first-order valence-corrected chi connectivity index (χ1v) is 5.86. The van der Waals surface area contributed by atoms with Crippen molar-refractivity contribution in [2.45, 2.75) is 38.0 Å². The van der Waals surface area contributed by atoms with Crippen LogP contribution in [0.3, 0.4) is 0 Å². The van der Waals surface area contributed by atoms with Crippen LogP contribution in [0.4, 0.5) is 0 Å². The van der Waals surface area contributed by atoms with Gasteiger partial charge in [0.1, 0.15) is 6.04 Å². The van der Waals surface area contributed by atoms with E-state index in [4.69, 9.17) is 4.74 Å². The molecule has 2 saturated heterocycles. The third kappa shape index (κ3) is 1.34. The number of esters is 1. The van der Waals surface area contributed by atoms with Gasteiger partial charge in [0.2, 0.25) is 0 Å². The van der Waals surface area contributed by atoms with Gasteiger partial charge in [-0.05, 0) is 19.8 Å². The summed E-state index contributed by atoms with van der Waals surface area (Å²) in [5.74, 6) is -0.308. The first kappa shape index (κ1) is 9.96. The second-order valence-corrected chi connectivity index (χ2v) is 4.37. The predicted molar refractivity (Wildman–Crippen MR) is 53.0 cm³/mol. The molecule has 0 radical (unpaired) electrons. The minimum atomic E-state index is -0.613. The summed E-state index contributed by atoms with van der Waals surface area (Å²) in [6.45, 7) is 1.63. The molecule has 4 nitrogen and oxygen atoms in total. The average molecular weight is 262 g/mol. The van der Waals surface area contributed by atoms with Gasteiger partial charge >= 0.3 is 5.97 Å². The van der Waals surface area contributed by atoms with Crippen molar-refractivity contribution in [2.75, 3.05) is 5.33 Å². The van der Waals surface area contributed by atoms with Gasteiger partial charge in [-0.25, -0.2) is 4.79 Å². The lowest BCUT2D eigenvalue weighted by molar-refractivity contribution is -0.175. The monoisotopic (exact) mass is 261 g/mol. The average Bonchev–Trinajstić information content (AvgIpc) is 2.58. The van der Waals surface area contributed by atoms with Gasteiger partial charge in [-0.3, -0.25) is 4.79 Å². The standard InChI is InChI=1S/C9H12BrNO3/c1-5-8(12)11-6(4-10)2-3-7(11)9(13)14-5/h5-7H,2-4H2,1H3/t5-,6?,7?/m1/s1. The Morgan fingerprint density at radius 3 is 2.86 bits per heavy atom. The van der Waals surface area contributed by atoms with Crippen LogP contribution in [0, 0.1) is 0 Å². The predicted octanol–water partition coefficient (Wildman–Crippen LogP) is 0.686. The van der Waals surface area contributed by atoms with E-state index >= 15 is 0 Å². The largest absolute Gasteiger partial charge is 0.451 e. The highest BCUT2D eigenvalue weighted by Gasteiger charge is 2.47. The molecule has 0 spiro atoms. The summed E-state index contributed by atoms with van der Waals surface area (Å²) < 4.78 is 4.96. The van der Waals surface area contributed by atoms with Gasteiger partial charge in [0.25, 0.3) is 5.91 Å². The second kappa shape index (κ2) is 3.53. The number of hydrogen-bond donors (Lipinski definition) is 0. The number of morpholine rings is 1. The van der Waals surface area contributed by atoms with E-state index < -0.39 is 6.10 Å². The fourth-order valence-electron chi connectivity index (χ4n) is 2.11. The van der Waals surface area contributed by atoms with Crippen molar-refractivity contribution in [2.24, 2.45) is 0 Å². The molecule has 0 aromatic carbocycles. The van der Waals surface area contributed by atoms with Crippen molar-refractivity contribution in [3.63, 3.8) is 0 Å². The number of nitrogens with zero attached hydrogens (tertiary/aromatic N) is 1. The minimum absolute atomic E-state index is 0.0587. The van der Waals surface area contributed by atoms with Crippen LogP contribution in [0.5, 0.6) is 0 Å². The summed E-state index contributed by atoms with van der Waals surface area (Å²) in [5, 5.41) is 0.731. The van der Waals surface area contributed by atoms with Gasteiger partial charge in [-0.15, -0.1) is 0 Å². The summed E-state index contributed by atoms with van der Waals surface area (Å²) in [6, 6.07) is -0.177. The molecule has 0 bridgehead atoms. The summed E-state index contributed by atoms with van der Waals surface area (Å²) in [5.41, 5.74) is 0. The number of ether oxygens (including phenoxy) is 1. The zero-order chi connectivity index (χ0) is 10.3. The fourth-order valence-corrected chi connectivity index (χ4v) is 2.75. The zero-order valence-electron chi connectivity index (χ0n) is 7.90. The smallest absolute Gasteiger partial charge is 0.329 e. The first-order valence-electron chi connectivity index (χ1n) is 4.73. The Morgan fingerprint density at radius 1 is 1.50 bits per heavy atom. The van der Waals surface area contributed by atoms with Crippen LogP contribution in [-0.4, -0.2) is 40.3 Å². The maximum absolute atomic E-state index is 11.7. The third-order valence-corrected chi connectivity index (χ3v) is 3.60. The first-order chi connectivity index (χ1) is 6.65. The lowest BCUT2D eigenvalue weighted by Gasteiger charge is -2.35. The number of carbonyl (C=O) groups is 2. The van der Waals surface area contributed by atoms with Crippen LogP contribution in [0.1, 0.15) is 19.8 Å². The number of amides is 1. The van der Waals surface area contributed by atoms with Crippen molar-refractivity contribution < 1.29 is 14.3 Å². The van der Waals surface area contributed by atoms with Crippen LogP contribution in [0.15, 0.2) is 0 Å². The van der Waals surface area contributed by atoms with E-state index in [1.165, 1.54) is 0 Å². The van der Waals surface area contributed by atoms with Crippen molar-refractivity contribution in [1.29, 1.82) is 0 Å². The van der Waals surface area contributed by atoms with Gasteiger partial charge < -0.3 is 9.64 Å². The second-order valence-electron chi connectivity index (χ2n) is 3.73. The van der Waals surface area contributed by atoms with E-state index in [1.807, 2.05) is 0 Å². The topological polar surface area (TPSA) is 46.6 Å². The van der Waals surface area contributed by atoms with Crippen LogP contribution in [-0.2, 0) is 14.3 Å². The normalized spacial score (nSPS) is 37.0. The lowest BCUT2D eigenvalue weighted by Crippen LogP contribution is -2.55. The third-order valence-electron chi connectivity index (χ3n) is 2.85. The van der Waals surface area contributed by atoms with Gasteiger partial charge in [0, 0.05) is 11.4 Å². The van der Waals surface area contributed by atoms with Crippen molar-refractivity contribution >= 4 is 27.8 Å². The summed E-state index contributed by atoms with van der Waals surface area (Å²) >= 11 is 3.36. The fraction of sp³-hybridized carbons (Fsp3) is 0.778. The van der Waals surface area contributed by atoms with Crippen LogP contribution in [0.25, 0.3) is 0 Å². The van der Waals surface area contributed by atoms with Crippen molar-refractivity contribution in [1.82, 2.24) is 4.90 Å². The number of carbonyl (C=O) groups excluding carboxylic acids is 2. The lowest BCUT2D eigenvalue weighted by atomic mass is 10.2. The SMILES string of the molecule is C[C@H]1OC(=O)C2CCC(CBr)N2C1=O. The minimum Gasteiger partial charge on any atom is -0.451 e. The number of fused-ring (bicyclic) bond motifs is 1. The Bertz CT molecular complexity index is 281. The summed E-state index contributed by atoms with van der Waals surface area (Å²) in [4.78, 5) is 24.9. The quantitative estimate of drug-likeness (QED) is 0.516. The molecule has 0 aromatic heterocycles. The molecule has 2 heterocycles. The molecule has 2 unspecified atom stereocenters. The highest BCUT2D eigenvalue weighted by molar-refractivity contribution is 9.09. The van der Waals surface area contributed by atoms with E-state index in [0.717, 1.165) is 18.2 Å². The molecule has 0 saturated carbocycles. The summed E-state index contributed by atoms with van der Waals surface area (Å²) in [7, 11) is 0. The van der Waals surface area contributed by atoms with Gasteiger partial charge in [-0.2, -0.15) is 0 Å². The number of cyclic esters (lactones) is 1. The Balaban J connectivity index is 2.24. The van der Waals surface area contributed by atoms with Gasteiger partial charge in [-0.1, -0.05) is 15.9 Å². The van der Waals surface area contributed by atoms with Crippen LogP contribution >= 0.6 is 15.9 Å². The van der Waals surface area contributed by atoms with E-state index in [2.05, 4.69) is 15.9 Å². The molecule has 0 N–H and O–H groups in total. The molecule has 2 aliphatic rings. The Kier molecular flexibility index (Phi) is 2.51. The van der Waals surface area contributed by atoms with Crippen molar-refractivity contribution in [3.8, 4) is 0 Å². The van der Waals surface area contributed by atoms with E-state index in [9.17, 15) is 9.59 Å². The van der Waals surface area contributed by atoms with Crippen molar-refractivity contribution in [3.05, 3.63) is 0 Å². The molecule has 3 atom stereocenters. The number of halogens is 1.